The fourth-order valence-corrected chi connectivity index (χ4v) is 8.94. The van der Waals surface area contributed by atoms with Crippen molar-refractivity contribution in [3.8, 4) is 23.0 Å². The number of carbonyl (C=O) groups excluding carboxylic acids is 3. The molecule has 6 aromatic rings. The van der Waals surface area contributed by atoms with E-state index in [9.17, 15) is 19.5 Å². The van der Waals surface area contributed by atoms with E-state index in [-0.39, 0.29) is 31.2 Å². The molecule has 0 radical (unpaired) electrons. The van der Waals surface area contributed by atoms with E-state index in [1.165, 1.54) is 17.5 Å². The van der Waals surface area contributed by atoms with Gasteiger partial charge in [0.25, 0.3) is 0 Å². The molecule has 4 aliphatic rings. The number of anilines is 2. The lowest BCUT2D eigenvalue weighted by molar-refractivity contribution is -0.119. The molecule has 2 aromatic heterocycles. The minimum absolute atomic E-state index is 0.107. The number of ether oxygens (including phenoxy) is 4. The van der Waals surface area contributed by atoms with E-state index in [0.717, 1.165) is 48.1 Å². The third-order valence-electron chi connectivity index (χ3n) is 10.5. The molecule has 58 heavy (non-hydrogen) atoms. The third kappa shape index (κ3) is 7.26. The van der Waals surface area contributed by atoms with Crippen LogP contribution >= 0.6 is 45.9 Å². The first kappa shape index (κ1) is 38.0. The Morgan fingerprint density at radius 1 is 0.655 bits per heavy atom. The van der Waals surface area contributed by atoms with Crippen LogP contribution in [0.15, 0.2) is 97.3 Å². The van der Waals surface area contributed by atoms with Gasteiger partial charge in [0.2, 0.25) is 31.2 Å². The lowest BCUT2D eigenvalue weighted by Gasteiger charge is -2.15. The highest BCUT2D eigenvalue weighted by atomic mass is 35.5. The van der Waals surface area contributed by atoms with Crippen LogP contribution in [0.1, 0.15) is 68.6 Å². The van der Waals surface area contributed by atoms with E-state index in [0.29, 0.717) is 64.2 Å². The van der Waals surface area contributed by atoms with E-state index in [1.807, 2.05) is 48.5 Å². The Balaban J connectivity index is 0.000000150. The average molecular weight is 856 g/mol. The van der Waals surface area contributed by atoms with Crippen LogP contribution in [0, 0.1) is 0 Å². The molecule has 4 heterocycles. The number of aromatic nitrogens is 2. The molecule has 4 aromatic carbocycles. The molecule has 2 aliphatic heterocycles. The van der Waals surface area contributed by atoms with Crippen molar-refractivity contribution in [3.63, 3.8) is 0 Å². The Bertz CT molecular complexity index is 2590. The molecule has 1 unspecified atom stereocenters. The van der Waals surface area contributed by atoms with Gasteiger partial charge in [0.15, 0.2) is 33.3 Å². The summed E-state index contributed by atoms with van der Waals surface area (Å²) in [6.45, 7) is 0.396. The summed E-state index contributed by atoms with van der Waals surface area (Å²) in [7, 11) is 0. The number of nitrogens with zero attached hydrogens (tertiary/aromatic N) is 2. The first-order chi connectivity index (χ1) is 28.1. The van der Waals surface area contributed by atoms with E-state index in [4.69, 9.17) is 42.1 Å². The Kier molecular flexibility index (Phi) is 10.1. The van der Waals surface area contributed by atoms with Gasteiger partial charge in [-0.15, -0.1) is 0 Å². The van der Waals surface area contributed by atoms with E-state index in [2.05, 4.69) is 20.6 Å². The average Bonchev–Trinajstić information content (AvgIpc) is 3.90. The van der Waals surface area contributed by atoms with Crippen LogP contribution in [0.5, 0.6) is 23.0 Å². The molecule has 2 saturated carbocycles. The van der Waals surface area contributed by atoms with E-state index < -0.39 is 16.9 Å². The summed E-state index contributed by atoms with van der Waals surface area (Å²) in [6.07, 6.45) is 5.15. The molecule has 0 saturated heterocycles. The number of hydrogen-bond acceptors (Lipinski definition) is 12. The lowest BCUT2D eigenvalue weighted by Crippen LogP contribution is -2.27. The number of ketones is 1. The lowest BCUT2D eigenvalue weighted by atomic mass is 9.94. The van der Waals surface area contributed by atoms with Gasteiger partial charge in [-0.1, -0.05) is 88.3 Å². The number of rotatable bonds is 10. The van der Waals surface area contributed by atoms with Crippen molar-refractivity contribution >= 4 is 73.7 Å². The highest BCUT2D eigenvalue weighted by molar-refractivity contribution is 7.17. The van der Waals surface area contributed by atoms with Crippen LogP contribution in [0.2, 0.25) is 10.0 Å². The van der Waals surface area contributed by atoms with Gasteiger partial charge in [-0.05, 0) is 79.3 Å². The molecule has 0 spiro atoms. The van der Waals surface area contributed by atoms with Crippen molar-refractivity contribution in [1.29, 1.82) is 0 Å². The smallest absolute Gasteiger partial charge is 0.236 e. The number of aliphatic hydroxyl groups excluding tert-OH is 1. The van der Waals surface area contributed by atoms with Crippen LogP contribution in [-0.4, -0.2) is 46.3 Å². The molecule has 16 heteroatoms. The van der Waals surface area contributed by atoms with Crippen LogP contribution in [0.4, 0.5) is 10.3 Å². The van der Waals surface area contributed by atoms with Gasteiger partial charge in [0.05, 0.1) is 31.8 Å². The number of fused-ring (bicyclic) bond motifs is 2. The molecule has 1 atom stereocenters. The number of hydrogen-bond donors (Lipinski definition) is 3. The van der Waals surface area contributed by atoms with Gasteiger partial charge in [-0.3, -0.25) is 14.4 Å². The Morgan fingerprint density at radius 3 is 1.74 bits per heavy atom. The summed E-state index contributed by atoms with van der Waals surface area (Å²) in [6, 6.07) is 25.2. The molecule has 2 amide bonds. The molecule has 3 N–H and O–H groups in total. The fourth-order valence-electron chi connectivity index (χ4n) is 6.90. The number of thiazole rings is 2. The molecular weight excluding hydrogens is 824 g/mol. The summed E-state index contributed by atoms with van der Waals surface area (Å²) in [5, 5.41) is 18.1. The summed E-state index contributed by atoms with van der Waals surface area (Å²) in [5.41, 5.74) is 1.65. The van der Waals surface area contributed by atoms with E-state index >= 15 is 0 Å². The Hall–Kier alpha value is -5.51. The zero-order chi connectivity index (χ0) is 40.0. The predicted molar refractivity (Wildman–Crippen MR) is 219 cm³/mol. The Labute approximate surface area is 349 Å². The predicted octanol–water partition coefficient (Wildman–Crippen LogP) is 8.70. The number of amides is 2. The number of nitrogens with one attached hydrogen (secondary N) is 2. The van der Waals surface area contributed by atoms with Crippen molar-refractivity contribution in [2.75, 3.05) is 24.2 Å². The van der Waals surface area contributed by atoms with Gasteiger partial charge in [0, 0.05) is 22.3 Å². The van der Waals surface area contributed by atoms with Gasteiger partial charge in [-0.2, -0.15) is 0 Å². The third-order valence-corrected chi connectivity index (χ3v) is 13.1. The fraction of sp³-hybridized carbons (Fsp3) is 0.214. The number of aliphatic hydroxyl groups is 1. The second-order valence-electron chi connectivity index (χ2n) is 14.0. The normalized spacial score (nSPS) is 16.4. The summed E-state index contributed by atoms with van der Waals surface area (Å²) >= 11 is 14.7. The topological polar surface area (TPSA) is 158 Å². The molecule has 294 valence electrons. The molecule has 2 aliphatic carbocycles. The molecule has 2 fully saturated rings. The zero-order valence-electron chi connectivity index (χ0n) is 30.3. The number of halogens is 2. The van der Waals surface area contributed by atoms with Crippen LogP contribution in [-0.2, 0) is 20.4 Å². The maximum absolute atomic E-state index is 13.0. The largest absolute Gasteiger partial charge is 0.454 e. The summed E-state index contributed by atoms with van der Waals surface area (Å²) < 4.78 is 21.6. The number of carbonyl (C=O) groups is 3. The van der Waals surface area contributed by atoms with Crippen molar-refractivity contribution in [1.82, 2.24) is 9.97 Å². The molecule has 0 bridgehead atoms. The van der Waals surface area contributed by atoms with Crippen LogP contribution in [0.25, 0.3) is 0 Å². The first-order valence-corrected chi connectivity index (χ1v) is 20.6. The number of benzene rings is 4. The SMILES string of the molecule is O=C(Nc1ncc(C(O)c2ccccc2Cl)s1)C1(c2ccc3c(c2)OCO3)CC1.O=C(c1cnc(NC(=O)C2(c3ccc4c(c3)OCO4)CC2)s1)c1ccccc1Cl. The zero-order valence-corrected chi connectivity index (χ0v) is 33.5. The molecular formula is C42H32Cl2N4O8S2. The maximum Gasteiger partial charge on any atom is 0.236 e. The second kappa shape index (κ2) is 15.3. The van der Waals surface area contributed by atoms with Gasteiger partial charge < -0.3 is 34.7 Å². The van der Waals surface area contributed by atoms with E-state index in [1.54, 1.807) is 42.6 Å². The van der Waals surface area contributed by atoms with Crippen LogP contribution in [0.3, 0.4) is 0 Å². The van der Waals surface area contributed by atoms with Crippen molar-refractivity contribution < 1.29 is 38.4 Å². The van der Waals surface area contributed by atoms with Gasteiger partial charge >= 0.3 is 0 Å². The monoisotopic (exact) mass is 854 g/mol. The maximum atomic E-state index is 13.0. The summed E-state index contributed by atoms with van der Waals surface area (Å²) in [4.78, 5) is 48.1. The van der Waals surface area contributed by atoms with Gasteiger partial charge in [0.1, 0.15) is 6.10 Å². The first-order valence-electron chi connectivity index (χ1n) is 18.2. The standard InChI is InChI=1S/C21H17ClN2O4S.C21H15ClN2O4S/c2*22-14-4-2-1-3-13(14)18(25)17-10-23-20(29-17)24-19(26)21(7-8-21)12-5-6-15-16(9-12)28-11-27-15/h1-6,9-10,18,25H,7-8,11H2,(H,23,24,26);1-6,9-10H,7-8,11H2,(H,23,24,26). The molecule has 12 nitrogen and oxygen atoms in total. The minimum atomic E-state index is -0.893. The molecule has 10 rings (SSSR count). The van der Waals surface area contributed by atoms with Gasteiger partial charge in [-0.25, -0.2) is 9.97 Å². The van der Waals surface area contributed by atoms with Crippen molar-refractivity contribution in [3.05, 3.63) is 139 Å². The van der Waals surface area contributed by atoms with Crippen LogP contribution < -0.4 is 29.6 Å². The second-order valence-corrected chi connectivity index (χ2v) is 16.9. The quantitative estimate of drug-likeness (QED) is 0.114. The Morgan fingerprint density at radius 2 is 1.17 bits per heavy atom. The minimum Gasteiger partial charge on any atom is -0.454 e. The van der Waals surface area contributed by atoms with Crippen molar-refractivity contribution in [2.45, 2.75) is 42.6 Å². The summed E-state index contributed by atoms with van der Waals surface area (Å²) in [5.74, 6) is 2.25. The highest BCUT2D eigenvalue weighted by Gasteiger charge is 2.53. The highest BCUT2D eigenvalue weighted by Crippen LogP contribution is 2.52. The van der Waals surface area contributed by atoms with Crippen molar-refractivity contribution in [2.24, 2.45) is 0 Å².